The van der Waals surface area contributed by atoms with E-state index in [4.69, 9.17) is 23.2 Å². The quantitative estimate of drug-likeness (QED) is 0.815. The third-order valence-electron chi connectivity index (χ3n) is 2.73. The largest absolute Gasteiger partial charge is 0.292 e. The van der Waals surface area contributed by atoms with E-state index >= 15 is 0 Å². The van der Waals surface area contributed by atoms with Gasteiger partial charge >= 0.3 is 0 Å². The van der Waals surface area contributed by atoms with Gasteiger partial charge in [0.1, 0.15) is 16.8 Å². The van der Waals surface area contributed by atoms with E-state index in [1.165, 1.54) is 16.7 Å². The highest BCUT2D eigenvalue weighted by Gasteiger charge is 2.11. The molecule has 0 amide bonds. The summed E-state index contributed by atoms with van der Waals surface area (Å²) in [5.74, 6) is -0.00931. The number of aromatic nitrogens is 2. The molecule has 0 spiro atoms. The summed E-state index contributed by atoms with van der Waals surface area (Å²) >= 11 is 11.5. The molecular formula is C13H11Cl2FN2O. The van der Waals surface area contributed by atoms with Crippen LogP contribution in [0, 0.1) is 5.82 Å². The van der Waals surface area contributed by atoms with Gasteiger partial charge in [-0.05, 0) is 6.07 Å². The maximum atomic E-state index is 13.8. The molecule has 1 aromatic heterocycles. The zero-order valence-corrected chi connectivity index (χ0v) is 11.7. The fourth-order valence-electron chi connectivity index (χ4n) is 1.80. The Morgan fingerprint density at radius 3 is 2.79 bits per heavy atom. The first-order valence-electron chi connectivity index (χ1n) is 5.72. The van der Waals surface area contributed by atoms with Gasteiger partial charge in [0.05, 0.1) is 11.6 Å². The Kier molecular flexibility index (Phi) is 4.22. The molecule has 0 bridgehead atoms. The van der Waals surface area contributed by atoms with Gasteiger partial charge in [-0.1, -0.05) is 42.3 Å². The van der Waals surface area contributed by atoms with Crippen molar-refractivity contribution in [1.29, 1.82) is 0 Å². The minimum Gasteiger partial charge on any atom is -0.292 e. The highest BCUT2D eigenvalue weighted by Crippen LogP contribution is 2.18. The van der Waals surface area contributed by atoms with Crippen molar-refractivity contribution in [3.05, 3.63) is 62.0 Å². The molecule has 0 N–H and O–H groups in total. The van der Waals surface area contributed by atoms with Gasteiger partial charge in [-0.2, -0.15) is 0 Å². The molecule has 0 aliphatic heterocycles. The molecule has 0 unspecified atom stereocenters. The Bertz CT molecular complexity index is 670. The topological polar surface area (TPSA) is 34.9 Å². The lowest BCUT2D eigenvalue weighted by Crippen LogP contribution is -2.25. The Labute approximate surface area is 119 Å². The van der Waals surface area contributed by atoms with Crippen molar-refractivity contribution < 1.29 is 4.39 Å². The van der Waals surface area contributed by atoms with E-state index < -0.39 is 5.82 Å². The van der Waals surface area contributed by atoms with E-state index in [0.717, 1.165) is 0 Å². The number of benzene rings is 1. The third-order valence-corrected chi connectivity index (χ3v) is 3.22. The molecule has 0 radical (unpaired) electrons. The van der Waals surface area contributed by atoms with Crippen molar-refractivity contribution in [3.63, 3.8) is 0 Å². The lowest BCUT2D eigenvalue weighted by Gasteiger charge is -2.11. The van der Waals surface area contributed by atoms with Crippen LogP contribution in [0.4, 0.5) is 4.39 Å². The minimum absolute atomic E-state index is 0.0329. The first kappa shape index (κ1) is 14.0. The lowest BCUT2D eigenvalue weighted by molar-refractivity contribution is 0.586. The van der Waals surface area contributed by atoms with Crippen molar-refractivity contribution in [3.8, 4) is 0 Å². The summed E-state index contributed by atoms with van der Waals surface area (Å²) in [7, 11) is 0. The van der Waals surface area contributed by atoms with Crippen LogP contribution in [0.25, 0.3) is 0 Å². The number of halogens is 3. The van der Waals surface area contributed by atoms with E-state index in [2.05, 4.69) is 4.98 Å². The summed E-state index contributed by atoms with van der Waals surface area (Å²) in [6, 6.07) is 5.90. The highest BCUT2D eigenvalue weighted by atomic mass is 35.5. The van der Waals surface area contributed by atoms with Crippen LogP contribution >= 0.6 is 23.2 Å². The van der Waals surface area contributed by atoms with Crippen molar-refractivity contribution >= 4 is 23.2 Å². The molecule has 6 heteroatoms. The first-order chi connectivity index (χ1) is 9.02. The second-order valence-corrected chi connectivity index (χ2v) is 4.78. The van der Waals surface area contributed by atoms with Gasteiger partial charge in [0.15, 0.2) is 0 Å². The highest BCUT2D eigenvalue weighted by molar-refractivity contribution is 6.30. The van der Waals surface area contributed by atoms with Crippen LogP contribution in [-0.2, 0) is 13.0 Å². The number of aryl methyl sites for hydroxylation is 1. The van der Waals surface area contributed by atoms with E-state index in [0.29, 0.717) is 17.8 Å². The maximum absolute atomic E-state index is 13.8. The number of rotatable bonds is 3. The molecule has 0 atom stereocenters. The van der Waals surface area contributed by atoms with Gasteiger partial charge in [-0.3, -0.25) is 9.36 Å². The molecule has 3 nitrogen and oxygen atoms in total. The molecule has 0 aliphatic carbocycles. The number of nitrogens with zero attached hydrogens (tertiary/aromatic N) is 2. The summed E-state index contributed by atoms with van der Waals surface area (Å²) in [4.78, 5) is 16.0. The van der Waals surface area contributed by atoms with Crippen LogP contribution in [0.1, 0.15) is 18.3 Å². The summed E-state index contributed by atoms with van der Waals surface area (Å²) in [5, 5.41) is 0.176. The van der Waals surface area contributed by atoms with Crippen molar-refractivity contribution in [2.75, 3.05) is 0 Å². The molecule has 0 fully saturated rings. The van der Waals surface area contributed by atoms with E-state index in [-0.39, 0.29) is 22.3 Å². The van der Waals surface area contributed by atoms with Crippen LogP contribution in [-0.4, -0.2) is 9.55 Å². The predicted molar refractivity (Wildman–Crippen MR) is 73.4 cm³/mol. The fourth-order valence-corrected chi connectivity index (χ4v) is 2.19. The number of hydrogen-bond donors (Lipinski definition) is 0. The van der Waals surface area contributed by atoms with Gasteiger partial charge in [0, 0.05) is 18.1 Å². The summed E-state index contributed by atoms with van der Waals surface area (Å²) in [6.45, 7) is 1.93. The van der Waals surface area contributed by atoms with Gasteiger partial charge in [-0.15, -0.1) is 0 Å². The third kappa shape index (κ3) is 2.96. The van der Waals surface area contributed by atoms with E-state index in [1.807, 2.05) is 6.92 Å². The molecule has 100 valence electrons. The molecule has 2 rings (SSSR count). The Hall–Kier alpha value is -1.39. The molecule has 1 heterocycles. The molecule has 0 aliphatic rings. The average Bonchev–Trinajstić information content (AvgIpc) is 2.37. The van der Waals surface area contributed by atoms with Crippen LogP contribution < -0.4 is 5.56 Å². The SMILES string of the molecule is CCc1nc(Cl)cc(=O)n1Cc1cccc(Cl)c1F. The van der Waals surface area contributed by atoms with Gasteiger partial charge < -0.3 is 0 Å². The van der Waals surface area contributed by atoms with Crippen LogP contribution in [0.2, 0.25) is 10.2 Å². The summed E-state index contributed by atoms with van der Waals surface area (Å²) in [6.07, 6.45) is 0.526. The van der Waals surface area contributed by atoms with Crippen LogP contribution in [0.3, 0.4) is 0 Å². The normalized spacial score (nSPS) is 10.7. The van der Waals surface area contributed by atoms with Gasteiger partial charge in [0.2, 0.25) is 0 Å². The molecule has 2 aromatic rings. The Balaban J connectivity index is 2.49. The average molecular weight is 301 g/mol. The zero-order chi connectivity index (χ0) is 14.0. The zero-order valence-electron chi connectivity index (χ0n) is 10.2. The fraction of sp³-hybridized carbons (Fsp3) is 0.231. The smallest absolute Gasteiger partial charge is 0.255 e. The lowest BCUT2D eigenvalue weighted by atomic mass is 10.2. The van der Waals surface area contributed by atoms with Crippen LogP contribution in [0.5, 0.6) is 0 Å². The monoisotopic (exact) mass is 300 g/mol. The summed E-state index contributed by atoms with van der Waals surface area (Å²) in [5.41, 5.74) is 0.0321. The second-order valence-electron chi connectivity index (χ2n) is 3.99. The van der Waals surface area contributed by atoms with Gasteiger partial charge in [-0.25, -0.2) is 9.37 Å². The predicted octanol–water partition coefficient (Wildman–Crippen LogP) is 3.30. The van der Waals surface area contributed by atoms with Crippen molar-refractivity contribution in [2.24, 2.45) is 0 Å². The van der Waals surface area contributed by atoms with E-state index in [1.54, 1.807) is 12.1 Å². The first-order valence-corrected chi connectivity index (χ1v) is 6.47. The molecule has 0 saturated heterocycles. The molecule has 0 saturated carbocycles. The second kappa shape index (κ2) is 5.72. The maximum Gasteiger partial charge on any atom is 0.255 e. The van der Waals surface area contributed by atoms with Gasteiger partial charge in [0.25, 0.3) is 5.56 Å². The molecule has 19 heavy (non-hydrogen) atoms. The van der Waals surface area contributed by atoms with Crippen LogP contribution in [0.15, 0.2) is 29.1 Å². The minimum atomic E-state index is -0.520. The Morgan fingerprint density at radius 2 is 2.11 bits per heavy atom. The molecular weight excluding hydrogens is 290 g/mol. The Morgan fingerprint density at radius 1 is 1.37 bits per heavy atom. The number of hydrogen-bond acceptors (Lipinski definition) is 2. The van der Waals surface area contributed by atoms with E-state index in [9.17, 15) is 9.18 Å². The summed E-state index contributed by atoms with van der Waals surface area (Å²) < 4.78 is 15.2. The van der Waals surface area contributed by atoms with Crippen molar-refractivity contribution in [1.82, 2.24) is 9.55 Å². The molecule has 1 aromatic carbocycles. The van der Waals surface area contributed by atoms with Crippen molar-refractivity contribution in [2.45, 2.75) is 19.9 Å². The standard InChI is InChI=1S/C13H11Cl2FN2O/c1-2-11-17-10(15)6-12(19)18(11)7-8-4-3-5-9(14)13(8)16/h3-6H,2,7H2,1H3.